The van der Waals surface area contributed by atoms with Gasteiger partial charge in [0.05, 0.1) is 11.4 Å². The molecule has 2 heterocycles. The normalized spacial score (nSPS) is 18.2. The number of nitrogens with one attached hydrogen (secondary N) is 1. The molecule has 0 unspecified atom stereocenters. The first-order valence-corrected chi connectivity index (χ1v) is 7.76. The third kappa shape index (κ3) is 1.76. The van der Waals surface area contributed by atoms with Gasteiger partial charge in [-0.1, -0.05) is 31.0 Å². The Morgan fingerprint density at radius 1 is 1.20 bits per heavy atom. The SMILES string of the molecule is Cc1ccccc1-n1nc(C2CCCC2)c2c1NCC2. The molecule has 2 aromatic rings. The Balaban J connectivity index is 1.85. The number of benzene rings is 1. The lowest BCUT2D eigenvalue weighted by Crippen LogP contribution is -2.07. The summed E-state index contributed by atoms with van der Waals surface area (Å²) in [7, 11) is 0. The Bertz CT molecular complexity index is 636. The quantitative estimate of drug-likeness (QED) is 0.896. The van der Waals surface area contributed by atoms with E-state index in [4.69, 9.17) is 5.10 Å². The summed E-state index contributed by atoms with van der Waals surface area (Å²) in [6.45, 7) is 3.21. The lowest BCUT2D eigenvalue weighted by atomic mass is 9.99. The van der Waals surface area contributed by atoms with Crippen LogP contribution in [-0.4, -0.2) is 16.3 Å². The molecule has 1 aromatic heterocycles. The van der Waals surface area contributed by atoms with E-state index in [0.29, 0.717) is 5.92 Å². The summed E-state index contributed by atoms with van der Waals surface area (Å²) in [6.07, 6.45) is 6.50. The molecule has 3 heteroatoms. The van der Waals surface area contributed by atoms with E-state index in [0.717, 1.165) is 13.0 Å². The number of rotatable bonds is 2. The molecule has 1 N–H and O–H groups in total. The van der Waals surface area contributed by atoms with Gasteiger partial charge in [0, 0.05) is 18.0 Å². The van der Waals surface area contributed by atoms with Crippen LogP contribution in [0.3, 0.4) is 0 Å². The van der Waals surface area contributed by atoms with Gasteiger partial charge in [-0.2, -0.15) is 5.10 Å². The molecule has 104 valence electrons. The Hall–Kier alpha value is -1.77. The topological polar surface area (TPSA) is 29.9 Å². The van der Waals surface area contributed by atoms with Crippen molar-refractivity contribution in [2.75, 3.05) is 11.9 Å². The monoisotopic (exact) mass is 267 g/mol. The van der Waals surface area contributed by atoms with Crippen LogP contribution in [0.5, 0.6) is 0 Å². The maximum absolute atomic E-state index is 5.00. The van der Waals surface area contributed by atoms with Crippen LogP contribution < -0.4 is 5.32 Å². The molecule has 1 aromatic carbocycles. The van der Waals surface area contributed by atoms with Crippen molar-refractivity contribution in [1.29, 1.82) is 0 Å². The van der Waals surface area contributed by atoms with Crippen molar-refractivity contribution in [3.63, 3.8) is 0 Å². The fourth-order valence-electron chi connectivity index (χ4n) is 3.70. The lowest BCUT2D eigenvalue weighted by molar-refractivity contribution is 0.670. The average molecular weight is 267 g/mol. The Morgan fingerprint density at radius 2 is 2.00 bits per heavy atom. The fraction of sp³-hybridized carbons (Fsp3) is 0.471. The van der Waals surface area contributed by atoms with Crippen LogP contribution in [0.1, 0.15) is 48.4 Å². The van der Waals surface area contributed by atoms with Crippen LogP contribution >= 0.6 is 0 Å². The third-order valence-corrected chi connectivity index (χ3v) is 4.77. The Kier molecular flexibility index (Phi) is 2.79. The van der Waals surface area contributed by atoms with Crippen LogP contribution in [0.2, 0.25) is 0 Å². The predicted octanol–water partition coefficient (Wildman–Crippen LogP) is 3.81. The van der Waals surface area contributed by atoms with Crippen molar-refractivity contribution in [2.24, 2.45) is 0 Å². The largest absolute Gasteiger partial charge is 0.369 e. The van der Waals surface area contributed by atoms with E-state index in [1.807, 2.05) is 0 Å². The molecule has 0 radical (unpaired) electrons. The van der Waals surface area contributed by atoms with Gasteiger partial charge in [0.1, 0.15) is 5.82 Å². The van der Waals surface area contributed by atoms with Gasteiger partial charge >= 0.3 is 0 Å². The summed E-state index contributed by atoms with van der Waals surface area (Å²) in [6, 6.07) is 8.52. The summed E-state index contributed by atoms with van der Waals surface area (Å²) < 4.78 is 2.14. The molecule has 1 aliphatic heterocycles. The highest BCUT2D eigenvalue weighted by Gasteiger charge is 2.29. The Morgan fingerprint density at radius 3 is 2.80 bits per heavy atom. The predicted molar refractivity (Wildman–Crippen MR) is 81.7 cm³/mol. The summed E-state index contributed by atoms with van der Waals surface area (Å²) in [5.41, 5.74) is 5.33. The van der Waals surface area contributed by atoms with Crippen LogP contribution in [0.4, 0.5) is 5.82 Å². The number of hydrogen-bond acceptors (Lipinski definition) is 2. The summed E-state index contributed by atoms with van der Waals surface area (Å²) in [4.78, 5) is 0. The molecular weight excluding hydrogens is 246 g/mol. The van der Waals surface area contributed by atoms with Crippen LogP contribution in [-0.2, 0) is 6.42 Å². The molecule has 1 saturated carbocycles. The molecule has 20 heavy (non-hydrogen) atoms. The van der Waals surface area contributed by atoms with Crippen molar-refractivity contribution in [1.82, 2.24) is 9.78 Å². The number of anilines is 1. The molecule has 0 amide bonds. The molecule has 0 bridgehead atoms. The highest BCUT2D eigenvalue weighted by Crippen LogP contribution is 2.40. The van der Waals surface area contributed by atoms with E-state index in [1.165, 1.54) is 54.0 Å². The first-order valence-electron chi connectivity index (χ1n) is 7.76. The van der Waals surface area contributed by atoms with E-state index < -0.39 is 0 Å². The van der Waals surface area contributed by atoms with E-state index in [9.17, 15) is 0 Å². The fourth-order valence-corrected chi connectivity index (χ4v) is 3.70. The molecule has 2 aliphatic rings. The smallest absolute Gasteiger partial charge is 0.133 e. The van der Waals surface area contributed by atoms with Gasteiger partial charge < -0.3 is 5.32 Å². The van der Waals surface area contributed by atoms with Gasteiger partial charge in [-0.25, -0.2) is 4.68 Å². The van der Waals surface area contributed by atoms with Crippen molar-refractivity contribution in [2.45, 2.75) is 44.9 Å². The molecule has 4 rings (SSSR count). The molecule has 0 saturated heterocycles. The number of hydrogen-bond donors (Lipinski definition) is 1. The van der Waals surface area contributed by atoms with E-state index in [2.05, 4.69) is 41.2 Å². The Labute approximate surface area is 120 Å². The molecule has 3 nitrogen and oxygen atoms in total. The minimum absolute atomic E-state index is 0.689. The van der Waals surface area contributed by atoms with Gasteiger partial charge in [-0.3, -0.25) is 0 Å². The van der Waals surface area contributed by atoms with Crippen molar-refractivity contribution < 1.29 is 0 Å². The maximum atomic E-state index is 5.00. The minimum Gasteiger partial charge on any atom is -0.369 e. The van der Waals surface area contributed by atoms with Crippen molar-refractivity contribution >= 4 is 5.82 Å². The van der Waals surface area contributed by atoms with E-state index in [-0.39, 0.29) is 0 Å². The number of fused-ring (bicyclic) bond motifs is 1. The van der Waals surface area contributed by atoms with Crippen LogP contribution in [0, 0.1) is 6.92 Å². The highest BCUT2D eigenvalue weighted by atomic mass is 15.3. The standard InChI is InChI=1S/C17H21N3/c1-12-6-2-5-9-15(12)20-17-14(10-11-18-17)16(19-20)13-7-3-4-8-13/h2,5-6,9,13,18H,3-4,7-8,10-11H2,1H3. The van der Waals surface area contributed by atoms with Gasteiger partial charge in [-0.15, -0.1) is 0 Å². The molecule has 0 spiro atoms. The zero-order valence-corrected chi connectivity index (χ0v) is 12.0. The molecular formula is C17H21N3. The van der Waals surface area contributed by atoms with Crippen molar-refractivity contribution in [3.8, 4) is 5.69 Å². The van der Waals surface area contributed by atoms with Gasteiger partial charge in [0.25, 0.3) is 0 Å². The summed E-state index contributed by atoms with van der Waals surface area (Å²) in [5, 5.41) is 8.54. The van der Waals surface area contributed by atoms with Crippen LogP contribution in [0.25, 0.3) is 5.69 Å². The van der Waals surface area contributed by atoms with Gasteiger partial charge in [0.2, 0.25) is 0 Å². The zero-order valence-electron chi connectivity index (χ0n) is 12.0. The molecule has 1 fully saturated rings. The highest BCUT2D eigenvalue weighted by molar-refractivity contribution is 5.59. The summed E-state index contributed by atoms with van der Waals surface area (Å²) in [5.74, 6) is 1.93. The second kappa shape index (κ2) is 4.65. The zero-order chi connectivity index (χ0) is 13.5. The minimum atomic E-state index is 0.689. The first-order chi connectivity index (χ1) is 9.84. The third-order valence-electron chi connectivity index (χ3n) is 4.77. The first kappa shape index (κ1) is 12.0. The number of aryl methyl sites for hydroxylation is 1. The van der Waals surface area contributed by atoms with Gasteiger partial charge in [-0.05, 0) is 37.8 Å². The van der Waals surface area contributed by atoms with Gasteiger partial charge in [0.15, 0.2) is 0 Å². The molecule has 1 aliphatic carbocycles. The number of aromatic nitrogens is 2. The maximum Gasteiger partial charge on any atom is 0.133 e. The number of para-hydroxylation sites is 1. The van der Waals surface area contributed by atoms with Crippen LogP contribution in [0.15, 0.2) is 24.3 Å². The van der Waals surface area contributed by atoms with E-state index >= 15 is 0 Å². The summed E-state index contributed by atoms with van der Waals surface area (Å²) >= 11 is 0. The number of nitrogens with zero attached hydrogens (tertiary/aromatic N) is 2. The molecule has 0 atom stereocenters. The van der Waals surface area contributed by atoms with E-state index in [1.54, 1.807) is 0 Å². The van der Waals surface area contributed by atoms with Crippen molar-refractivity contribution in [3.05, 3.63) is 41.1 Å². The lowest BCUT2D eigenvalue weighted by Gasteiger charge is -2.10. The second-order valence-corrected chi connectivity index (χ2v) is 6.07. The second-order valence-electron chi connectivity index (χ2n) is 6.07. The average Bonchev–Trinajstić information content (AvgIpc) is 3.16.